The van der Waals surface area contributed by atoms with Crippen molar-refractivity contribution in [2.75, 3.05) is 19.6 Å². The maximum Gasteiger partial charge on any atom is 0.239 e. The Morgan fingerprint density at radius 3 is 2.64 bits per heavy atom. The van der Waals surface area contributed by atoms with Crippen molar-refractivity contribution >= 4 is 0 Å². The van der Waals surface area contributed by atoms with Crippen LogP contribution in [0.25, 0.3) is 0 Å². The van der Waals surface area contributed by atoms with E-state index in [0.717, 1.165) is 13.0 Å². The van der Waals surface area contributed by atoms with Crippen molar-refractivity contribution in [3.05, 3.63) is 0 Å². The highest BCUT2D eigenvalue weighted by Gasteiger charge is 2.26. The maximum absolute atomic E-state index is 11.7. The zero-order chi connectivity index (χ0) is 8.27. The van der Waals surface area contributed by atoms with Crippen LogP contribution in [0.1, 0.15) is 12.8 Å². The molecule has 66 valence electrons. The van der Waals surface area contributed by atoms with E-state index in [2.05, 4.69) is 0 Å². The van der Waals surface area contributed by atoms with E-state index in [4.69, 9.17) is 5.73 Å². The van der Waals surface area contributed by atoms with Gasteiger partial charge in [0.05, 0.1) is 0 Å². The number of nitrogens with two attached hydrogens (primary N) is 1. The number of rotatable bonds is 4. The normalized spacial score (nSPS) is 25.6. The van der Waals surface area contributed by atoms with Gasteiger partial charge in [-0.1, -0.05) is 0 Å². The minimum absolute atomic E-state index is 0.0174. The standard InChI is InChI=1S/C7H14F2N2/c8-7(9)2-4-11-3-1-6(11)5-10/h6-7H,1-5,10H2. The Morgan fingerprint density at radius 2 is 2.27 bits per heavy atom. The van der Waals surface area contributed by atoms with Crippen molar-refractivity contribution < 1.29 is 8.78 Å². The van der Waals surface area contributed by atoms with Crippen LogP contribution < -0.4 is 5.73 Å². The Bertz CT molecular complexity index is 117. The second-order valence-corrected chi connectivity index (χ2v) is 2.89. The predicted octanol–water partition coefficient (Wildman–Crippen LogP) is 0.675. The zero-order valence-corrected chi connectivity index (χ0v) is 6.47. The fraction of sp³-hybridized carbons (Fsp3) is 1.00. The molecule has 1 atom stereocenters. The second kappa shape index (κ2) is 3.97. The van der Waals surface area contributed by atoms with E-state index in [1.165, 1.54) is 0 Å². The van der Waals surface area contributed by atoms with Crippen LogP contribution in [0.5, 0.6) is 0 Å². The molecule has 0 aromatic rings. The molecule has 1 fully saturated rings. The second-order valence-electron chi connectivity index (χ2n) is 2.89. The van der Waals surface area contributed by atoms with E-state index in [1.54, 1.807) is 0 Å². The summed E-state index contributed by atoms with van der Waals surface area (Å²) in [4.78, 5) is 2.02. The molecule has 0 spiro atoms. The monoisotopic (exact) mass is 164 g/mol. The average Bonchev–Trinajstić information content (AvgIpc) is 1.86. The summed E-state index contributed by atoms with van der Waals surface area (Å²) in [5.74, 6) is 0. The smallest absolute Gasteiger partial charge is 0.239 e. The topological polar surface area (TPSA) is 29.3 Å². The summed E-state index contributed by atoms with van der Waals surface area (Å²) < 4.78 is 23.5. The largest absolute Gasteiger partial charge is 0.329 e. The van der Waals surface area contributed by atoms with Gasteiger partial charge in [0.25, 0.3) is 0 Å². The van der Waals surface area contributed by atoms with E-state index in [0.29, 0.717) is 19.1 Å². The molecular formula is C7H14F2N2. The highest BCUT2D eigenvalue weighted by Crippen LogP contribution is 2.16. The van der Waals surface area contributed by atoms with Gasteiger partial charge in [-0.05, 0) is 6.42 Å². The third-order valence-electron chi connectivity index (χ3n) is 2.17. The third-order valence-corrected chi connectivity index (χ3v) is 2.17. The lowest BCUT2D eigenvalue weighted by Gasteiger charge is -2.40. The number of nitrogens with zero attached hydrogens (tertiary/aromatic N) is 1. The van der Waals surface area contributed by atoms with Gasteiger partial charge in [-0.2, -0.15) is 0 Å². The van der Waals surface area contributed by atoms with Crippen LogP contribution in [0.2, 0.25) is 0 Å². The van der Waals surface area contributed by atoms with Crippen LogP contribution in [-0.4, -0.2) is 37.0 Å². The predicted molar refractivity (Wildman–Crippen MR) is 39.7 cm³/mol. The van der Waals surface area contributed by atoms with E-state index >= 15 is 0 Å². The Balaban J connectivity index is 2.07. The minimum Gasteiger partial charge on any atom is -0.329 e. The number of likely N-dealkylation sites (tertiary alicyclic amines) is 1. The number of hydrogen-bond acceptors (Lipinski definition) is 2. The van der Waals surface area contributed by atoms with E-state index in [-0.39, 0.29) is 6.42 Å². The summed E-state index contributed by atoms with van der Waals surface area (Å²) in [5, 5.41) is 0. The van der Waals surface area contributed by atoms with Gasteiger partial charge in [0.2, 0.25) is 6.43 Å². The first-order valence-corrected chi connectivity index (χ1v) is 3.96. The summed E-state index contributed by atoms with van der Waals surface area (Å²) in [6.07, 6.45) is -1.12. The lowest BCUT2D eigenvalue weighted by Crippen LogP contribution is -2.52. The van der Waals surface area contributed by atoms with Gasteiger partial charge in [0.15, 0.2) is 0 Å². The fourth-order valence-electron chi connectivity index (χ4n) is 1.32. The molecule has 1 heterocycles. The summed E-state index contributed by atoms with van der Waals surface area (Å²) in [6.45, 7) is 2.04. The van der Waals surface area contributed by atoms with Crippen LogP contribution in [0, 0.1) is 0 Å². The van der Waals surface area contributed by atoms with Gasteiger partial charge in [-0.15, -0.1) is 0 Å². The van der Waals surface area contributed by atoms with E-state index in [9.17, 15) is 8.78 Å². The fourth-order valence-corrected chi connectivity index (χ4v) is 1.32. The molecule has 0 aromatic heterocycles. The van der Waals surface area contributed by atoms with E-state index in [1.807, 2.05) is 4.90 Å². The summed E-state index contributed by atoms with van der Waals surface area (Å²) in [5.41, 5.74) is 5.40. The lowest BCUT2D eigenvalue weighted by molar-refractivity contribution is 0.0587. The van der Waals surface area contributed by atoms with Gasteiger partial charge < -0.3 is 5.73 Å². The highest BCUT2D eigenvalue weighted by atomic mass is 19.3. The first-order chi connectivity index (χ1) is 5.24. The molecule has 11 heavy (non-hydrogen) atoms. The van der Waals surface area contributed by atoms with Gasteiger partial charge >= 0.3 is 0 Å². The zero-order valence-electron chi connectivity index (χ0n) is 6.47. The quantitative estimate of drug-likeness (QED) is 0.662. The van der Waals surface area contributed by atoms with Gasteiger partial charge in [-0.3, -0.25) is 4.90 Å². The number of hydrogen-bond donors (Lipinski definition) is 1. The molecule has 2 nitrogen and oxygen atoms in total. The molecule has 0 amide bonds. The van der Waals surface area contributed by atoms with Crippen LogP contribution >= 0.6 is 0 Å². The van der Waals surface area contributed by atoms with Crippen molar-refractivity contribution in [3.8, 4) is 0 Å². The molecule has 4 heteroatoms. The maximum atomic E-state index is 11.7. The van der Waals surface area contributed by atoms with E-state index < -0.39 is 6.43 Å². The van der Waals surface area contributed by atoms with Gasteiger partial charge in [-0.25, -0.2) is 8.78 Å². The Hall–Kier alpha value is -0.220. The Kier molecular flexibility index (Phi) is 3.20. The molecule has 1 rings (SSSR count). The molecule has 0 saturated carbocycles. The number of halogens is 2. The van der Waals surface area contributed by atoms with Crippen molar-refractivity contribution in [1.29, 1.82) is 0 Å². The molecule has 1 aliphatic heterocycles. The van der Waals surface area contributed by atoms with Crippen molar-refractivity contribution in [2.24, 2.45) is 5.73 Å². The third kappa shape index (κ3) is 2.38. The molecule has 0 radical (unpaired) electrons. The molecule has 0 bridgehead atoms. The summed E-state index contributed by atoms with van der Waals surface area (Å²) in [6, 6.07) is 0.369. The van der Waals surface area contributed by atoms with Crippen LogP contribution in [0.4, 0.5) is 8.78 Å². The minimum atomic E-state index is -2.17. The SMILES string of the molecule is NCC1CCN1CCC(F)F. The van der Waals surface area contributed by atoms with Gasteiger partial charge in [0, 0.05) is 32.1 Å². The molecular weight excluding hydrogens is 150 g/mol. The summed E-state index contributed by atoms with van der Waals surface area (Å²) >= 11 is 0. The van der Waals surface area contributed by atoms with Crippen molar-refractivity contribution in [3.63, 3.8) is 0 Å². The molecule has 2 N–H and O–H groups in total. The Labute approximate surface area is 65.4 Å². The van der Waals surface area contributed by atoms with Crippen molar-refractivity contribution in [2.45, 2.75) is 25.3 Å². The first-order valence-electron chi connectivity index (χ1n) is 3.96. The van der Waals surface area contributed by atoms with Crippen LogP contribution in [0.3, 0.4) is 0 Å². The van der Waals surface area contributed by atoms with Gasteiger partial charge in [0.1, 0.15) is 0 Å². The van der Waals surface area contributed by atoms with Crippen molar-refractivity contribution in [1.82, 2.24) is 4.90 Å². The number of alkyl halides is 2. The average molecular weight is 164 g/mol. The molecule has 1 unspecified atom stereocenters. The first kappa shape index (κ1) is 8.87. The van der Waals surface area contributed by atoms with Crippen LogP contribution in [0.15, 0.2) is 0 Å². The highest BCUT2D eigenvalue weighted by molar-refractivity contribution is 4.82. The molecule has 1 saturated heterocycles. The Morgan fingerprint density at radius 1 is 1.55 bits per heavy atom. The summed E-state index contributed by atoms with van der Waals surface area (Å²) in [7, 11) is 0. The molecule has 1 aliphatic rings. The lowest BCUT2D eigenvalue weighted by atomic mass is 10.0. The van der Waals surface area contributed by atoms with Crippen LogP contribution in [-0.2, 0) is 0 Å². The molecule has 0 aromatic carbocycles. The molecule has 0 aliphatic carbocycles.